The fraction of sp³-hybridized carbons (Fsp3) is 0.818. The Morgan fingerprint density at radius 1 is 1.19 bits per heavy atom. The standard InChI is InChI=1S/C11H23N3O2/c1-4-12-11(13-5-2)14-9-7-8-10(15)16-6-3/h4-9H2,1-3H3,(H2,12,13,14). The van der Waals surface area contributed by atoms with Crippen LogP contribution in [0.4, 0.5) is 0 Å². The Bertz CT molecular complexity index is 209. The molecule has 0 fully saturated rings. The Morgan fingerprint density at radius 3 is 2.31 bits per heavy atom. The van der Waals surface area contributed by atoms with Crippen LogP contribution >= 0.6 is 0 Å². The van der Waals surface area contributed by atoms with Crippen LogP contribution in [-0.2, 0) is 9.53 Å². The molecular weight excluding hydrogens is 206 g/mol. The van der Waals surface area contributed by atoms with Crippen LogP contribution in [0.15, 0.2) is 4.99 Å². The van der Waals surface area contributed by atoms with Gasteiger partial charge in [0.15, 0.2) is 5.96 Å². The van der Waals surface area contributed by atoms with Gasteiger partial charge >= 0.3 is 5.97 Å². The summed E-state index contributed by atoms with van der Waals surface area (Å²) in [5.74, 6) is 0.653. The van der Waals surface area contributed by atoms with Crippen LogP contribution < -0.4 is 10.6 Å². The molecule has 0 atom stereocenters. The lowest BCUT2D eigenvalue weighted by molar-refractivity contribution is -0.143. The van der Waals surface area contributed by atoms with Gasteiger partial charge in [0.05, 0.1) is 6.61 Å². The minimum absolute atomic E-state index is 0.147. The van der Waals surface area contributed by atoms with Crippen LogP contribution in [0.3, 0.4) is 0 Å². The molecule has 0 heterocycles. The maximum atomic E-state index is 11.0. The van der Waals surface area contributed by atoms with Crippen molar-refractivity contribution in [3.8, 4) is 0 Å². The zero-order valence-corrected chi connectivity index (χ0v) is 10.5. The Balaban J connectivity index is 3.72. The summed E-state index contributed by atoms with van der Waals surface area (Å²) in [6.07, 6.45) is 1.15. The first-order chi connectivity index (χ1) is 7.74. The molecule has 0 rings (SSSR count). The van der Waals surface area contributed by atoms with Crippen LogP contribution in [-0.4, -0.2) is 38.2 Å². The van der Waals surface area contributed by atoms with E-state index >= 15 is 0 Å². The summed E-state index contributed by atoms with van der Waals surface area (Å²) in [4.78, 5) is 15.4. The molecule has 0 aliphatic heterocycles. The van der Waals surface area contributed by atoms with E-state index in [0.717, 1.165) is 25.5 Å². The average Bonchev–Trinajstić information content (AvgIpc) is 2.25. The van der Waals surface area contributed by atoms with Crippen molar-refractivity contribution in [2.24, 2.45) is 4.99 Å². The van der Waals surface area contributed by atoms with E-state index in [1.54, 1.807) is 0 Å². The third-order valence-corrected chi connectivity index (χ3v) is 1.80. The van der Waals surface area contributed by atoms with E-state index in [-0.39, 0.29) is 5.97 Å². The highest BCUT2D eigenvalue weighted by atomic mass is 16.5. The molecule has 5 heteroatoms. The largest absolute Gasteiger partial charge is 0.466 e. The summed E-state index contributed by atoms with van der Waals surface area (Å²) in [7, 11) is 0. The Hall–Kier alpha value is -1.26. The number of aliphatic imine (C=N–C) groups is 1. The number of ether oxygens (including phenoxy) is 1. The Morgan fingerprint density at radius 2 is 1.81 bits per heavy atom. The minimum Gasteiger partial charge on any atom is -0.466 e. The zero-order chi connectivity index (χ0) is 12.2. The average molecular weight is 229 g/mol. The van der Waals surface area contributed by atoms with Gasteiger partial charge in [-0.25, -0.2) is 0 Å². The smallest absolute Gasteiger partial charge is 0.305 e. The van der Waals surface area contributed by atoms with Gasteiger partial charge in [-0.3, -0.25) is 9.79 Å². The molecule has 5 nitrogen and oxygen atoms in total. The minimum atomic E-state index is -0.147. The predicted octanol–water partition coefficient (Wildman–Crippen LogP) is 0.905. The number of nitrogens with zero attached hydrogens (tertiary/aromatic N) is 1. The lowest BCUT2D eigenvalue weighted by Gasteiger charge is -2.08. The molecule has 0 radical (unpaired) electrons. The summed E-state index contributed by atoms with van der Waals surface area (Å²) in [6, 6.07) is 0. The third-order valence-electron chi connectivity index (χ3n) is 1.80. The molecule has 0 aliphatic carbocycles. The summed E-state index contributed by atoms with van der Waals surface area (Å²) < 4.78 is 4.83. The molecule has 16 heavy (non-hydrogen) atoms. The van der Waals surface area contributed by atoms with Crippen molar-refractivity contribution in [1.82, 2.24) is 10.6 Å². The van der Waals surface area contributed by atoms with Crippen LogP contribution in [0.2, 0.25) is 0 Å². The summed E-state index contributed by atoms with van der Waals surface area (Å²) in [5, 5.41) is 6.24. The molecule has 0 amide bonds. The highest BCUT2D eigenvalue weighted by Gasteiger charge is 2.00. The fourth-order valence-electron chi connectivity index (χ4n) is 1.16. The van der Waals surface area contributed by atoms with Gasteiger partial charge in [0.1, 0.15) is 0 Å². The lowest BCUT2D eigenvalue weighted by atomic mass is 10.3. The SMILES string of the molecule is CCNC(=NCCCC(=O)OCC)NCC. The van der Waals surface area contributed by atoms with E-state index in [4.69, 9.17) is 4.74 Å². The van der Waals surface area contributed by atoms with Crippen molar-refractivity contribution in [3.63, 3.8) is 0 Å². The Labute approximate surface area is 97.7 Å². The molecule has 0 aromatic heterocycles. The first-order valence-corrected chi connectivity index (χ1v) is 5.92. The number of hydrogen-bond acceptors (Lipinski definition) is 3. The number of rotatable bonds is 7. The van der Waals surface area contributed by atoms with Gasteiger partial charge in [-0.2, -0.15) is 0 Å². The molecule has 2 N–H and O–H groups in total. The molecule has 0 saturated heterocycles. The zero-order valence-electron chi connectivity index (χ0n) is 10.5. The molecular formula is C11H23N3O2. The molecule has 0 aromatic rings. The van der Waals surface area contributed by atoms with Crippen LogP contribution in [0.5, 0.6) is 0 Å². The third kappa shape index (κ3) is 8.08. The van der Waals surface area contributed by atoms with E-state index in [9.17, 15) is 4.79 Å². The van der Waals surface area contributed by atoms with Gasteiger partial charge in [-0.05, 0) is 27.2 Å². The van der Waals surface area contributed by atoms with Crippen molar-refractivity contribution >= 4 is 11.9 Å². The number of nitrogens with one attached hydrogen (secondary N) is 2. The second-order valence-corrected chi connectivity index (χ2v) is 3.20. The molecule has 0 bridgehead atoms. The molecule has 0 aromatic carbocycles. The normalized spacial score (nSPS) is 9.44. The van der Waals surface area contributed by atoms with Crippen LogP contribution in [0, 0.1) is 0 Å². The van der Waals surface area contributed by atoms with E-state index in [1.807, 2.05) is 20.8 Å². The van der Waals surface area contributed by atoms with Crippen molar-refractivity contribution < 1.29 is 9.53 Å². The molecule has 94 valence electrons. The lowest BCUT2D eigenvalue weighted by Crippen LogP contribution is -2.37. The second-order valence-electron chi connectivity index (χ2n) is 3.20. The van der Waals surface area contributed by atoms with Gasteiger partial charge < -0.3 is 15.4 Å². The number of esters is 1. The maximum Gasteiger partial charge on any atom is 0.305 e. The predicted molar refractivity (Wildman–Crippen MR) is 65.5 cm³/mol. The first kappa shape index (κ1) is 14.7. The summed E-state index contributed by atoms with van der Waals surface area (Å²) in [6.45, 7) is 8.60. The van der Waals surface area contributed by atoms with Crippen molar-refractivity contribution in [1.29, 1.82) is 0 Å². The van der Waals surface area contributed by atoms with Crippen molar-refractivity contribution in [3.05, 3.63) is 0 Å². The highest BCUT2D eigenvalue weighted by Crippen LogP contribution is 1.93. The molecule has 0 aliphatic rings. The highest BCUT2D eigenvalue weighted by molar-refractivity contribution is 5.79. The van der Waals surface area contributed by atoms with Crippen molar-refractivity contribution in [2.45, 2.75) is 33.6 Å². The Kier molecular flexibility index (Phi) is 9.46. The van der Waals surface area contributed by atoms with E-state index in [1.165, 1.54) is 0 Å². The monoisotopic (exact) mass is 229 g/mol. The number of carbonyl (C=O) groups excluding carboxylic acids is 1. The fourth-order valence-corrected chi connectivity index (χ4v) is 1.16. The van der Waals surface area contributed by atoms with Gasteiger partial charge in [-0.1, -0.05) is 0 Å². The van der Waals surface area contributed by atoms with Gasteiger partial charge in [0, 0.05) is 26.1 Å². The van der Waals surface area contributed by atoms with Gasteiger partial charge in [0.2, 0.25) is 0 Å². The topological polar surface area (TPSA) is 62.7 Å². The summed E-state index contributed by atoms with van der Waals surface area (Å²) >= 11 is 0. The van der Waals surface area contributed by atoms with E-state index in [0.29, 0.717) is 19.6 Å². The van der Waals surface area contributed by atoms with Gasteiger partial charge in [-0.15, -0.1) is 0 Å². The number of hydrogen-bond donors (Lipinski definition) is 2. The van der Waals surface area contributed by atoms with Crippen molar-refractivity contribution in [2.75, 3.05) is 26.2 Å². The van der Waals surface area contributed by atoms with E-state index < -0.39 is 0 Å². The van der Waals surface area contributed by atoms with Crippen LogP contribution in [0.25, 0.3) is 0 Å². The maximum absolute atomic E-state index is 11.0. The first-order valence-electron chi connectivity index (χ1n) is 5.92. The second kappa shape index (κ2) is 10.3. The summed E-state index contributed by atoms with van der Waals surface area (Å²) in [5.41, 5.74) is 0. The van der Waals surface area contributed by atoms with E-state index in [2.05, 4.69) is 15.6 Å². The van der Waals surface area contributed by atoms with Gasteiger partial charge in [0.25, 0.3) is 0 Å². The molecule has 0 spiro atoms. The number of guanidine groups is 1. The molecule has 0 saturated carbocycles. The molecule has 0 unspecified atom stereocenters. The van der Waals surface area contributed by atoms with Crippen LogP contribution in [0.1, 0.15) is 33.6 Å². The number of carbonyl (C=O) groups is 1. The quantitative estimate of drug-likeness (QED) is 0.295.